The average molecular weight is 257 g/mol. The molecule has 5 nitrogen and oxygen atoms in total. The standard InChI is InChI=1S/C10H12FN3O2S/c1-2-14-8(15)6-17-10(14)7(5-12)9(16)13-4-3-11/h2-4,6H2,1H3,(H,13,16)/b10-7+. The molecule has 0 aromatic heterocycles. The molecule has 1 aliphatic heterocycles. The SMILES string of the molecule is CCN1C(=O)CS/C1=C(\C#N)C(=O)NCCF. The summed E-state index contributed by atoms with van der Waals surface area (Å²) < 4.78 is 11.9. The zero-order valence-electron chi connectivity index (χ0n) is 9.33. The maximum atomic E-state index is 11.9. The van der Waals surface area contributed by atoms with Crippen LogP contribution in [0, 0.1) is 11.3 Å². The van der Waals surface area contributed by atoms with E-state index in [-0.39, 0.29) is 23.8 Å². The number of nitrogens with one attached hydrogen (secondary N) is 1. The predicted octanol–water partition coefficient (Wildman–Crippen LogP) is 0.403. The van der Waals surface area contributed by atoms with E-state index in [0.717, 1.165) is 11.8 Å². The van der Waals surface area contributed by atoms with Gasteiger partial charge in [0.15, 0.2) is 0 Å². The summed E-state index contributed by atoms with van der Waals surface area (Å²) in [5.41, 5.74) is -0.129. The molecule has 0 aromatic rings. The third-order valence-electron chi connectivity index (χ3n) is 2.13. The van der Waals surface area contributed by atoms with Gasteiger partial charge in [-0.25, -0.2) is 4.39 Å². The van der Waals surface area contributed by atoms with Gasteiger partial charge in [-0.1, -0.05) is 11.8 Å². The smallest absolute Gasteiger partial charge is 0.264 e. The molecular formula is C10H12FN3O2S. The number of nitriles is 1. The minimum absolute atomic E-state index is 0.126. The van der Waals surface area contributed by atoms with Crippen LogP contribution in [0.5, 0.6) is 0 Å². The predicted molar refractivity (Wildman–Crippen MR) is 61.5 cm³/mol. The van der Waals surface area contributed by atoms with Crippen molar-refractivity contribution < 1.29 is 14.0 Å². The maximum absolute atomic E-state index is 11.9. The van der Waals surface area contributed by atoms with Crippen molar-refractivity contribution in [3.05, 3.63) is 10.6 Å². The highest BCUT2D eigenvalue weighted by molar-refractivity contribution is 8.04. The number of nitrogens with zero attached hydrogens (tertiary/aromatic N) is 2. The number of hydrogen-bond donors (Lipinski definition) is 1. The van der Waals surface area contributed by atoms with Crippen molar-refractivity contribution >= 4 is 23.6 Å². The van der Waals surface area contributed by atoms with E-state index in [0.29, 0.717) is 11.6 Å². The molecule has 0 aliphatic carbocycles. The van der Waals surface area contributed by atoms with E-state index < -0.39 is 12.6 Å². The van der Waals surface area contributed by atoms with Gasteiger partial charge in [-0.15, -0.1) is 0 Å². The number of carbonyl (C=O) groups is 2. The fourth-order valence-electron chi connectivity index (χ4n) is 1.37. The second-order valence-corrected chi connectivity index (χ2v) is 4.13. The highest BCUT2D eigenvalue weighted by Gasteiger charge is 2.30. The largest absolute Gasteiger partial charge is 0.349 e. The number of halogens is 1. The molecule has 0 aromatic carbocycles. The molecule has 0 radical (unpaired) electrons. The van der Waals surface area contributed by atoms with Crippen LogP contribution in [0.4, 0.5) is 4.39 Å². The van der Waals surface area contributed by atoms with Crippen LogP contribution in [0.3, 0.4) is 0 Å². The summed E-state index contributed by atoms with van der Waals surface area (Å²) in [5, 5.41) is 11.6. The van der Waals surface area contributed by atoms with E-state index in [1.807, 2.05) is 0 Å². The molecule has 1 aliphatic rings. The van der Waals surface area contributed by atoms with Crippen LogP contribution in [0.2, 0.25) is 0 Å². The summed E-state index contributed by atoms with van der Waals surface area (Å²) in [5.74, 6) is -0.538. The summed E-state index contributed by atoms with van der Waals surface area (Å²) in [4.78, 5) is 24.4. The van der Waals surface area contributed by atoms with E-state index in [1.165, 1.54) is 4.90 Å². The number of amides is 2. The fourth-order valence-corrected chi connectivity index (χ4v) is 2.46. The van der Waals surface area contributed by atoms with Crippen LogP contribution in [-0.4, -0.2) is 42.2 Å². The van der Waals surface area contributed by atoms with Crippen LogP contribution < -0.4 is 5.32 Å². The maximum Gasteiger partial charge on any atom is 0.264 e. The van der Waals surface area contributed by atoms with Gasteiger partial charge in [0.2, 0.25) is 5.91 Å². The summed E-state index contributed by atoms with van der Waals surface area (Å²) >= 11 is 1.16. The van der Waals surface area contributed by atoms with E-state index >= 15 is 0 Å². The zero-order valence-corrected chi connectivity index (χ0v) is 10.1. The molecule has 2 amide bonds. The van der Waals surface area contributed by atoms with Crippen LogP contribution in [0.15, 0.2) is 10.6 Å². The Morgan fingerprint density at radius 1 is 1.71 bits per heavy atom. The first kappa shape index (κ1) is 13.5. The molecule has 1 fully saturated rings. The summed E-state index contributed by atoms with van der Waals surface area (Å²) in [7, 11) is 0. The number of thioether (sulfide) groups is 1. The lowest BCUT2D eigenvalue weighted by molar-refractivity contribution is -0.125. The van der Waals surface area contributed by atoms with E-state index in [9.17, 15) is 14.0 Å². The van der Waals surface area contributed by atoms with Gasteiger partial charge in [-0.2, -0.15) is 5.26 Å². The van der Waals surface area contributed by atoms with Gasteiger partial charge in [-0.05, 0) is 6.92 Å². The number of rotatable bonds is 4. The Bertz CT molecular complexity index is 403. The Balaban J connectivity index is 2.95. The summed E-state index contributed by atoms with van der Waals surface area (Å²) in [6, 6.07) is 1.77. The quantitative estimate of drug-likeness (QED) is 0.584. The minimum atomic E-state index is -0.691. The molecule has 92 valence electrons. The van der Waals surface area contributed by atoms with Gasteiger partial charge in [0.1, 0.15) is 23.3 Å². The second-order valence-electron chi connectivity index (χ2n) is 3.16. The van der Waals surface area contributed by atoms with Crippen LogP contribution in [-0.2, 0) is 9.59 Å². The van der Waals surface area contributed by atoms with E-state index in [4.69, 9.17) is 5.26 Å². The van der Waals surface area contributed by atoms with Crippen molar-refractivity contribution in [2.75, 3.05) is 25.5 Å². The van der Waals surface area contributed by atoms with Crippen LogP contribution >= 0.6 is 11.8 Å². The van der Waals surface area contributed by atoms with Crippen molar-refractivity contribution in [1.82, 2.24) is 10.2 Å². The lowest BCUT2D eigenvalue weighted by Gasteiger charge is -2.15. The lowest BCUT2D eigenvalue weighted by Crippen LogP contribution is -2.30. The Labute approximate surface area is 103 Å². The summed E-state index contributed by atoms with van der Waals surface area (Å²) in [6.07, 6.45) is 0. The van der Waals surface area contributed by atoms with E-state index in [1.54, 1.807) is 13.0 Å². The Morgan fingerprint density at radius 3 is 2.94 bits per heavy atom. The van der Waals surface area contributed by atoms with Gasteiger partial charge >= 0.3 is 0 Å². The van der Waals surface area contributed by atoms with Gasteiger partial charge in [0, 0.05) is 13.1 Å². The number of carbonyl (C=O) groups excluding carboxylic acids is 2. The van der Waals surface area contributed by atoms with Crippen LogP contribution in [0.1, 0.15) is 6.92 Å². The highest BCUT2D eigenvalue weighted by atomic mass is 32.2. The molecule has 1 saturated heterocycles. The van der Waals surface area contributed by atoms with Gasteiger partial charge in [0.05, 0.1) is 5.75 Å². The van der Waals surface area contributed by atoms with Crippen molar-refractivity contribution in [2.24, 2.45) is 0 Å². The van der Waals surface area contributed by atoms with Gasteiger partial charge in [0.25, 0.3) is 5.91 Å². The van der Waals surface area contributed by atoms with E-state index in [2.05, 4.69) is 5.32 Å². The first-order chi connectivity index (χ1) is 8.15. The molecule has 0 spiro atoms. The molecule has 0 saturated carbocycles. The Kier molecular flexibility index (Phi) is 4.97. The molecule has 0 bridgehead atoms. The van der Waals surface area contributed by atoms with Crippen molar-refractivity contribution in [2.45, 2.75) is 6.92 Å². The van der Waals surface area contributed by atoms with Crippen molar-refractivity contribution in [3.8, 4) is 6.07 Å². The number of alkyl halides is 1. The number of hydrogen-bond acceptors (Lipinski definition) is 4. The molecule has 17 heavy (non-hydrogen) atoms. The monoisotopic (exact) mass is 257 g/mol. The molecule has 7 heteroatoms. The molecule has 1 rings (SSSR count). The first-order valence-corrected chi connectivity index (χ1v) is 6.06. The zero-order chi connectivity index (χ0) is 12.8. The van der Waals surface area contributed by atoms with Crippen molar-refractivity contribution in [1.29, 1.82) is 5.26 Å². The van der Waals surface area contributed by atoms with Crippen LogP contribution in [0.25, 0.3) is 0 Å². The molecule has 1 heterocycles. The second kappa shape index (κ2) is 6.25. The Hall–Kier alpha value is -1.55. The Morgan fingerprint density at radius 2 is 2.41 bits per heavy atom. The lowest BCUT2D eigenvalue weighted by atomic mass is 10.3. The average Bonchev–Trinajstić information content (AvgIpc) is 2.69. The first-order valence-electron chi connectivity index (χ1n) is 5.07. The third kappa shape index (κ3) is 2.97. The minimum Gasteiger partial charge on any atom is -0.349 e. The third-order valence-corrected chi connectivity index (χ3v) is 3.22. The van der Waals surface area contributed by atoms with Crippen molar-refractivity contribution in [3.63, 3.8) is 0 Å². The normalized spacial score (nSPS) is 17.9. The molecular weight excluding hydrogens is 245 g/mol. The molecule has 1 N–H and O–H groups in total. The topological polar surface area (TPSA) is 73.2 Å². The molecule has 0 unspecified atom stereocenters. The van der Waals surface area contributed by atoms with Gasteiger partial charge in [-0.3, -0.25) is 9.59 Å². The highest BCUT2D eigenvalue weighted by Crippen LogP contribution is 2.31. The summed E-state index contributed by atoms with van der Waals surface area (Å²) in [6.45, 7) is 1.34. The fraction of sp³-hybridized carbons (Fsp3) is 0.500. The van der Waals surface area contributed by atoms with Gasteiger partial charge < -0.3 is 10.2 Å². The molecule has 0 atom stereocenters.